The third-order valence-electron chi connectivity index (χ3n) is 2.28. The standard InChI is InChI=1S/C11H11FN2O/c1-14(2)11(15)9-6-13-10-5-7(12)3-4-8(9)10/h3-6,13H,1-2H3. The molecule has 0 aliphatic carbocycles. The molecule has 0 radical (unpaired) electrons. The Morgan fingerprint density at radius 2 is 2.13 bits per heavy atom. The van der Waals surface area contributed by atoms with Crippen LogP contribution in [0, 0.1) is 5.82 Å². The van der Waals surface area contributed by atoms with Crippen molar-refractivity contribution in [1.82, 2.24) is 9.88 Å². The van der Waals surface area contributed by atoms with Gasteiger partial charge in [-0.2, -0.15) is 0 Å². The average Bonchev–Trinajstić information content (AvgIpc) is 2.59. The molecule has 1 aromatic carbocycles. The van der Waals surface area contributed by atoms with E-state index in [1.54, 1.807) is 26.4 Å². The van der Waals surface area contributed by atoms with E-state index in [1.807, 2.05) is 0 Å². The van der Waals surface area contributed by atoms with E-state index in [-0.39, 0.29) is 11.7 Å². The molecule has 0 fully saturated rings. The summed E-state index contributed by atoms with van der Waals surface area (Å²) >= 11 is 0. The monoisotopic (exact) mass is 206 g/mol. The quantitative estimate of drug-likeness (QED) is 0.761. The van der Waals surface area contributed by atoms with E-state index in [0.717, 1.165) is 5.39 Å². The molecule has 0 atom stereocenters. The van der Waals surface area contributed by atoms with Gasteiger partial charge in [0.05, 0.1) is 5.56 Å². The highest BCUT2D eigenvalue weighted by Crippen LogP contribution is 2.19. The van der Waals surface area contributed by atoms with Gasteiger partial charge in [-0.15, -0.1) is 0 Å². The van der Waals surface area contributed by atoms with E-state index < -0.39 is 0 Å². The van der Waals surface area contributed by atoms with Crippen LogP contribution in [0.2, 0.25) is 0 Å². The Labute approximate surface area is 86.5 Å². The number of aromatic nitrogens is 1. The van der Waals surface area contributed by atoms with Crippen LogP contribution in [0.3, 0.4) is 0 Å². The maximum atomic E-state index is 12.9. The fraction of sp³-hybridized carbons (Fsp3) is 0.182. The number of H-pyrrole nitrogens is 1. The number of benzene rings is 1. The first-order chi connectivity index (χ1) is 7.09. The molecule has 1 amide bonds. The SMILES string of the molecule is CN(C)C(=O)c1c[nH]c2cc(F)ccc12. The number of hydrogen-bond donors (Lipinski definition) is 1. The van der Waals surface area contributed by atoms with Gasteiger partial charge >= 0.3 is 0 Å². The maximum absolute atomic E-state index is 12.9. The van der Waals surface area contributed by atoms with Crippen LogP contribution in [0.5, 0.6) is 0 Å². The third kappa shape index (κ3) is 1.58. The van der Waals surface area contributed by atoms with Crippen molar-refractivity contribution in [3.05, 3.63) is 35.8 Å². The molecule has 0 saturated carbocycles. The van der Waals surface area contributed by atoms with E-state index in [1.165, 1.54) is 17.0 Å². The van der Waals surface area contributed by atoms with Crippen molar-refractivity contribution in [1.29, 1.82) is 0 Å². The highest BCUT2D eigenvalue weighted by atomic mass is 19.1. The third-order valence-corrected chi connectivity index (χ3v) is 2.28. The number of aromatic amines is 1. The average molecular weight is 206 g/mol. The molecule has 3 nitrogen and oxygen atoms in total. The number of hydrogen-bond acceptors (Lipinski definition) is 1. The molecule has 1 heterocycles. The van der Waals surface area contributed by atoms with Crippen LogP contribution in [0.25, 0.3) is 10.9 Å². The van der Waals surface area contributed by atoms with Crippen LogP contribution >= 0.6 is 0 Å². The maximum Gasteiger partial charge on any atom is 0.255 e. The van der Waals surface area contributed by atoms with Crippen molar-refractivity contribution < 1.29 is 9.18 Å². The predicted molar refractivity (Wildman–Crippen MR) is 56.3 cm³/mol. The Morgan fingerprint density at radius 1 is 1.40 bits per heavy atom. The lowest BCUT2D eigenvalue weighted by Gasteiger charge is -2.08. The summed E-state index contributed by atoms with van der Waals surface area (Å²) < 4.78 is 12.9. The minimum Gasteiger partial charge on any atom is -0.360 e. The second kappa shape index (κ2) is 3.38. The Hall–Kier alpha value is -1.84. The number of halogens is 1. The van der Waals surface area contributed by atoms with Crippen LogP contribution in [-0.4, -0.2) is 29.9 Å². The number of rotatable bonds is 1. The smallest absolute Gasteiger partial charge is 0.255 e. The van der Waals surface area contributed by atoms with Gasteiger partial charge in [-0.05, 0) is 18.2 Å². The molecule has 2 aromatic rings. The Balaban J connectivity index is 2.59. The molecule has 4 heteroatoms. The minimum absolute atomic E-state index is 0.0899. The number of nitrogens with one attached hydrogen (secondary N) is 1. The number of carbonyl (C=O) groups is 1. The number of carbonyl (C=O) groups excluding carboxylic acids is 1. The second-order valence-corrected chi connectivity index (χ2v) is 3.59. The van der Waals surface area contributed by atoms with Gasteiger partial charge in [0.1, 0.15) is 5.82 Å². The zero-order valence-corrected chi connectivity index (χ0v) is 8.54. The molecule has 1 N–H and O–H groups in total. The molecule has 0 aliphatic heterocycles. The lowest BCUT2D eigenvalue weighted by Crippen LogP contribution is -2.21. The molecule has 0 unspecified atom stereocenters. The summed E-state index contributed by atoms with van der Waals surface area (Å²) in [7, 11) is 3.37. The molecule has 0 bridgehead atoms. The van der Waals surface area contributed by atoms with Crippen molar-refractivity contribution in [3.8, 4) is 0 Å². The molecule has 0 saturated heterocycles. The lowest BCUT2D eigenvalue weighted by atomic mass is 10.1. The van der Waals surface area contributed by atoms with E-state index in [0.29, 0.717) is 11.1 Å². The topological polar surface area (TPSA) is 36.1 Å². The summed E-state index contributed by atoms with van der Waals surface area (Å²) in [5.74, 6) is -0.402. The molecular weight excluding hydrogens is 195 g/mol. The van der Waals surface area contributed by atoms with Gasteiger partial charge in [0.25, 0.3) is 5.91 Å². The van der Waals surface area contributed by atoms with E-state index in [9.17, 15) is 9.18 Å². The predicted octanol–water partition coefficient (Wildman–Crippen LogP) is 2.01. The zero-order chi connectivity index (χ0) is 11.0. The Bertz CT molecular complexity index is 516. The second-order valence-electron chi connectivity index (χ2n) is 3.59. The molecule has 15 heavy (non-hydrogen) atoms. The summed E-state index contributed by atoms with van der Waals surface area (Å²) in [5.41, 5.74) is 1.20. The molecule has 0 aliphatic rings. The zero-order valence-electron chi connectivity index (χ0n) is 8.54. The molecule has 0 spiro atoms. The van der Waals surface area contributed by atoms with Crippen molar-refractivity contribution in [2.75, 3.05) is 14.1 Å². The number of fused-ring (bicyclic) bond motifs is 1. The van der Waals surface area contributed by atoms with Gasteiger partial charge in [-0.3, -0.25) is 4.79 Å². The first kappa shape index (κ1) is 9.71. The van der Waals surface area contributed by atoms with Crippen LogP contribution in [0.1, 0.15) is 10.4 Å². The van der Waals surface area contributed by atoms with Gasteiger partial charge in [-0.25, -0.2) is 4.39 Å². The minimum atomic E-state index is -0.312. The summed E-state index contributed by atoms with van der Waals surface area (Å²) in [5, 5.41) is 0.745. The van der Waals surface area contributed by atoms with E-state index in [2.05, 4.69) is 4.98 Å². The van der Waals surface area contributed by atoms with Gasteiger partial charge in [-0.1, -0.05) is 0 Å². The van der Waals surface area contributed by atoms with Crippen LogP contribution in [0.4, 0.5) is 4.39 Å². The van der Waals surface area contributed by atoms with E-state index in [4.69, 9.17) is 0 Å². The highest BCUT2D eigenvalue weighted by molar-refractivity contribution is 6.06. The van der Waals surface area contributed by atoms with Crippen molar-refractivity contribution >= 4 is 16.8 Å². The highest BCUT2D eigenvalue weighted by Gasteiger charge is 2.13. The number of nitrogens with zero attached hydrogens (tertiary/aromatic N) is 1. The molecular formula is C11H11FN2O. The van der Waals surface area contributed by atoms with Crippen LogP contribution < -0.4 is 0 Å². The van der Waals surface area contributed by atoms with Crippen molar-refractivity contribution in [2.45, 2.75) is 0 Å². The fourth-order valence-corrected chi connectivity index (χ4v) is 1.52. The molecule has 78 valence electrons. The number of amides is 1. The van der Waals surface area contributed by atoms with Gasteiger partial charge < -0.3 is 9.88 Å². The summed E-state index contributed by atoms with van der Waals surface area (Å²) in [4.78, 5) is 16.1. The largest absolute Gasteiger partial charge is 0.360 e. The summed E-state index contributed by atoms with van der Waals surface area (Å²) in [6, 6.07) is 4.34. The van der Waals surface area contributed by atoms with Crippen LogP contribution in [-0.2, 0) is 0 Å². The first-order valence-corrected chi connectivity index (χ1v) is 4.58. The van der Waals surface area contributed by atoms with Crippen molar-refractivity contribution in [2.24, 2.45) is 0 Å². The normalized spacial score (nSPS) is 10.6. The fourth-order valence-electron chi connectivity index (χ4n) is 1.52. The summed E-state index contributed by atoms with van der Waals surface area (Å²) in [6.45, 7) is 0. The van der Waals surface area contributed by atoms with Crippen LogP contribution in [0.15, 0.2) is 24.4 Å². The lowest BCUT2D eigenvalue weighted by molar-refractivity contribution is 0.0829. The van der Waals surface area contributed by atoms with Gasteiger partial charge in [0.2, 0.25) is 0 Å². The van der Waals surface area contributed by atoms with E-state index >= 15 is 0 Å². The van der Waals surface area contributed by atoms with Gasteiger partial charge in [0, 0.05) is 31.2 Å². The van der Waals surface area contributed by atoms with Gasteiger partial charge in [0.15, 0.2) is 0 Å². The Kier molecular flexibility index (Phi) is 2.19. The van der Waals surface area contributed by atoms with Crippen molar-refractivity contribution in [3.63, 3.8) is 0 Å². The Morgan fingerprint density at radius 3 is 2.80 bits per heavy atom. The molecule has 2 rings (SSSR count). The summed E-state index contributed by atoms with van der Waals surface area (Å²) in [6.07, 6.45) is 1.60. The molecule has 1 aromatic heterocycles. The first-order valence-electron chi connectivity index (χ1n) is 4.58.